The van der Waals surface area contributed by atoms with Crippen LogP contribution >= 0.6 is 7.44 Å². The number of rotatable bonds is 14. The van der Waals surface area contributed by atoms with Crippen molar-refractivity contribution >= 4 is 48.4 Å². The summed E-state index contributed by atoms with van der Waals surface area (Å²) in [5.74, 6) is -1.43. The minimum atomic E-state index is -4.11. The Balaban J connectivity index is 1.85. The van der Waals surface area contributed by atoms with Crippen molar-refractivity contribution in [3.63, 3.8) is 0 Å². The van der Waals surface area contributed by atoms with Crippen LogP contribution in [0.5, 0.6) is 23.0 Å². The molecule has 3 aromatic rings. The quantitative estimate of drug-likeness (QED) is 0.155. The third kappa shape index (κ3) is 7.69. The van der Waals surface area contributed by atoms with Gasteiger partial charge >= 0.3 is 5.97 Å². The molecule has 1 aliphatic heterocycles. The number of hydrogen-bond donors (Lipinski definition) is 3. The van der Waals surface area contributed by atoms with Gasteiger partial charge in [0.2, 0.25) is 11.7 Å². The number of aromatic nitrogens is 3. The van der Waals surface area contributed by atoms with Crippen molar-refractivity contribution in [2.75, 3.05) is 50.1 Å². The number of carbonyl (C=O) groups excluding carboxylic acids is 2. The van der Waals surface area contributed by atoms with E-state index in [2.05, 4.69) is 30.7 Å². The monoisotopic (exact) mass is 691 g/mol. The van der Waals surface area contributed by atoms with Crippen molar-refractivity contribution in [3.8, 4) is 23.0 Å². The highest BCUT2D eigenvalue weighted by molar-refractivity contribution is 7.63. The Morgan fingerprint density at radius 2 is 1.75 bits per heavy atom. The standard InChI is InChI=1S/C30H39FN7O9P/c1-16(2)46-27(39)17(3)37-48(41,15-42-6)38(18-12-21(43-7)24(45-9)22(13-18)44-8)29-32-14-19(31)25(36-29)33-23-11-10-20-26(34-23)35-28(40)30(4,5)47-20/h10-14,16-17H,15H2,1-9H3,(H,37,41)(H2,32,33,34,35,36,40). The predicted octanol–water partition coefficient (Wildman–Crippen LogP) is 4.75. The molecule has 0 spiro atoms. The second-order valence-electron chi connectivity index (χ2n) is 11.3. The van der Waals surface area contributed by atoms with E-state index in [4.69, 9.17) is 28.4 Å². The van der Waals surface area contributed by atoms with E-state index in [-0.39, 0.29) is 46.3 Å². The van der Waals surface area contributed by atoms with E-state index in [0.29, 0.717) is 5.75 Å². The van der Waals surface area contributed by atoms with E-state index in [1.165, 1.54) is 58.2 Å². The van der Waals surface area contributed by atoms with Gasteiger partial charge in [-0.2, -0.15) is 4.98 Å². The Hall–Kier alpha value is -4.73. The van der Waals surface area contributed by atoms with E-state index in [1.54, 1.807) is 33.8 Å². The summed E-state index contributed by atoms with van der Waals surface area (Å²) < 4.78 is 64.3. The molecule has 0 radical (unpaired) electrons. The minimum Gasteiger partial charge on any atom is -0.493 e. The molecule has 0 saturated carbocycles. The topological polar surface area (TPSA) is 185 Å². The van der Waals surface area contributed by atoms with Crippen molar-refractivity contribution in [2.45, 2.75) is 52.4 Å². The SMILES string of the molecule is COCP(=O)(NC(C)C(=O)OC(C)C)N(c1cc(OC)c(OC)c(OC)c1)c1ncc(F)c(Nc2ccc3c(n2)NC(=O)C(C)(C)O3)n1. The third-order valence-corrected chi connectivity index (χ3v) is 9.25. The zero-order chi connectivity index (χ0) is 35.4. The van der Waals surface area contributed by atoms with E-state index < -0.39 is 49.2 Å². The van der Waals surface area contributed by atoms with Gasteiger partial charge in [0.15, 0.2) is 40.3 Å². The third-order valence-electron chi connectivity index (χ3n) is 6.79. The number of halogens is 1. The molecule has 1 aromatic carbocycles. The van der Waals surface area contributed by atoms with Crippen molar-refractivity contribution < 1.29 is 47.0 Å². The van der Waals surface area contributed by atoms with Gasteiger partial charge in [-0.1, -0.05) is 0 Å². The van der Waals surface area contributed by atoms with Gasteiger partial charge < -0.3 is 39.1 Å². The normalized spacial score (nSPS) is 15.3. The molecule has 260 valence electrons. The van der Waals surface area contributed by atoms with Crippen LogP contribution in [-0.2, 0) is 23.6 Å². The number of ether oxygens (including phenoxy) is 6. The van der Waals surface area contributed by atoms with Crippen LogP contribution in [0.25, 0.3) is 0 Å². The van der Waals surface area contributed by atoms with E-state index in [9.17, 15) is 14.2 Å². The number of nitrogens with zero attached hydrogens (tertiary/aromatic N) is 4. The molecule has 1 amide bonds. The summed E-state index contributed by atoms with van der Waals surface area (Å²) >= 11 is 0. The molecule has 0 aliphatic carbocycles. The minimum absolute atomic E-state index is 0.100. The number of benzene rings is 1. The molecule has 48 heavy (non-hydrogen) atoms. The Kier molecular flexibility index (Phi) is 11.0. The average molecular weight is 692 g/mol. The summed E-state index contributed by atoms with van der Waals surface area (Å²) in [5.41, 5.74) is -0.963. The van der Waals surface area contributed by atoms with Gasteiger partial charge in [-0.05, 0) is 46.8 Å². The first-order valence-electron chi connectivity index (χ1n) is 14.6. The highest BCUT2D eigenvalue weighted by atomic mass is 31.2. The van der Waals surface area contributed by atoms with Crippen molar-refractivity contribution in [1.29, 1.82) is 0 Å². The number of carbonyl (C=O) groups is 2. The lowest BCUT2D eigenvalue weighted by Crippen LogP contribution is -2.46. The molecule has 0 fully saturated rings. The Labute approximate surface area is 277 Å². The van der Waals surface area contributed by atoms with Gasteiger partial charge in [-0.3, -0.25) is 14.2 Å². The van der Waals surface area contributed by atoms with Gasteiger partial charge in [0.05, 0.1) is 39.3 Å². The van der Waals surface area contributed by atoms with Crippen LogP contribution in [-0.4, -0.2) is 79.4 Å². The maximum Gasteiger partial charge on any atom is 0.323 e. The van der Waals surface area contributed by atoms with Gasteiger partial charge in [0, 0.05) is 19.2 Å². The van der Waals surface area contributed by atoms with E-state index >= 15 is 4.39 Å². The molecule has 3 heterocycles. The van der Waals surface area contributed by atoms with Crippen LogP contribution in [0.15, 0.2) is 30.5 Å². The summed E-state index contributed by atoms with van der Waals surface area (Å²) in [6.07, 6.45) is -0.0309. The molecular weight excluding hydrogens is 652 g/mol. The summed E-state index contributed by atoms with van der Waals surface area (Å²) in [7, 11) is 1.44. The molecular formula is C30H39FN7O9P. The first-order valence-corrected chi connectivity index (χ1v) is 16.5. The Morgan fingerprint density at radius 1 is 1.08 bits per heavy atom. The molecule has 0 saturated heterocycles. The molecule has 2 unspecified atom stereocenters. The lowest BCUT2D eigenvalue weighted by Gasteiger charge is -2.34. The van der Waals surface area contributed by atoms with Gasteiger partial charge in [-0.15, -0.1) is 0 Å². The highest BCUT2D eigenvalue weighted by Gasteiger charge is 2.39. The number of hydrogen-bond acceptors (Lipinski definition) is 13. The number of anilines is 5. The fourth-order valence-corrected chi connectivity index (χ4v) is 6.83. The first kappa shape index (κ1) is 36.1. The van der Waals surface area contributed by atoms with Crippen LogP contribution in [0.4, 0.5) is 33.5 Å². The van der Waals surface area contributed by atoms with Crippen LogP contribution < -0.4 is 39.3 Å². The number of esters is 1. The molecule has 18 heteroatoms. The molecule has 3 N–H and O–H groups in total. The molecule has 2 atom stereocenters. The summed E-state index contributed by atoms with van der Waals surface area (Å²) in [6, 6.07) is 4.93. The number of nitrogens with one attached hydrogen (secondary N) is 3. The predicted molar refractivity (Wildman–Crippen MR) is 174 cm³/mol. The second kappa shape index (κ2) is 14.6. The molecule has 1 aliphatic rings. The van der Waals surface area contributed by atoms with Crippen LogP contribution in [0.3, 0.4) is 0 Å². The fraction of sp³-hybridized carbons (Fsp3) is 0.433. The van der Waals surface area contributed by atoms with Gasteiger partial charge in [0.1, 0.15) is 18.2 Å². The Bertz CT molecular complexity index is 1700. The molecule has 0 bridgehead atoms. The largest absolute Gasteiger partial charge is 0.493 e. The average Bonchev–Trinajstić information content (AvgIpc) is 3.02. The molecule has 16 nitrogen and oxygen atoms in total. The summed E-state index contributed by atoms with van der Waals surface area (Å²) in [6.45, 7) is 8.06. The van der Waals surface area contributed by atoms with Crippen LogP contribution in [0.1, 0.15) is 34.6 Å². The lowest BCUT2D eigenvalue weighted by molar-refractivity contribution is -0.149. The van der Waals surface area contributed by atoms with E-state index in [1.807, 2.05) is 0 Å². The summed E-state index contributed by atoms with van der Waals surface area (Å²) in [4.78, 5) is 38.1. The van der Waals surface area contributed by atoms with Crippen molar-refractivity contribution in [3.05, 3.63) is 36.3 Å². The van der Waals surface area contributed by atoms with Crippen molar-refractivity contribution in [2.24, 2.45) is 0 Å². The zero-order valence-electron chi connectivity index (χ0n) is 28.0. The maximum atomic E-state index is 15.3. The maximum absolute atomic E-state index is 15.3. The smallest absolute Gasteiger partial charge is 0.323 e. The lowest BCUT2D eigenvalue weighted by atomic mass is 10.1. The molecule has 4 rings (SSSR count). The zero-order valence-corrected chi connectivity index (χ0v) is 28.9. The van der Waals surface area contributed by atoms with Crippen molar-refractivity contribution in [1.82, 2.24) is 20.0 Å². The second-order valence-corrected chi connectivity index (χ2v) is 13.6. The summed E-state index contributed by atoms with van der Waals surface area (Å²) in [5, 5.41) is 8.28. The number of fused-ring (bicyclic) bond motifs is 1. The van der Waals surface area contributed by atoms with E-state index in [0.717, 1.165) is 6.20 Å². The highest BCUT2D eigenvalue weighted by Crippen LogP contribution is 2.55. The van der Waals surface area contributed by atoms with Crippen LogP contribution in [0.2, 0.25) is 0 Å². The van der Waals surface area contributed by atoms with Gasteiger partial charge in [0.25, 0.3) is 13.4 Å². The number of amides is 1. The Morgan fingerprint density at radius 3 is 2.33 bits per heavy atom. The fourth-order valence-electron chi connectivity index (χ4n) is 4.59. The first-order chi connectivity index (χ1) is 22.7. The van der Waals surface area contributed by atoms with Gasteiger partial charge in [-0.25, -0.2) is 24.1 Å². The number of pyridine rings is 1. The molecule has 2 aromatic heterocycles. The number of methoxy groups -OCH3 is 4. The van der Waals surface area contributed by atoms with Crippen LogP contribution in [0, 0.1) is 5.82 Å².